The molecule has 0 aliphatic carbocycles. The first-order valence-electron chi connectivity index (χ1n) is 9.42. The minimum Gasteiger partial charge on any atom is -0.469 e. The molecular weight excluding hydrogens is 378 g/mol. The highest BCUT2D eigenvalue weighted by molar-refractivity contribution is 7.99. The average molecular weight is 404 g/mol. The van der Waals surface area contributed by atoms with Crippen LogP contribution in [-0.2, 0) is 14.3 Å². The van der Waals surface area contributed by atoms with Crippen molar-refractivity contribution in [3.63, 3.8) is 0 Å². The molecule has 8 heteroatoms. The van der Waals surface area contributed by atoms with Crippen LogP contribution in [0.2, 0.25) is 0 Å². The van der Waals surface area contributed by atoms with E-state index in [2.05, 4.69) is 4.98 Å². The van der Waals surface area contributed by atoms with Gasteiger partial charge in [0.1, 0.15) is 0 Å². The predicted octanol–water partition coefficient (Wildman–Crippen LogP) is 2.48. The number of likely N-dealkylation sites (tertiary alicyclic amines) is 1. The van der Waals surface area contributed by atoms with Crippen LogP contribution in [0.1, 0.15) is 32.7 Å². The maximum Gasteiger partial charge on any atom is 0.308 e. The van der Waals surface area contributed by atoms with E-state index in [0.717, 1.165) is 0 Å². The lowest BCUT2D eigenvalue weighted by Gasteiger charge is -2.30. The molecule has 1 aliphatic heterocycles. The number of benzene rings is 1. The van der Waals surface area contributed by atoms with Crippen molar-refractivity contribution in [1.29, 1.82) is 0 Å². The number of carbonyl (C=O) groups is 2. The fourth-order valence-electron chi connectivity index (χ4n) is 3.43. The lowest BCUT2D eigenvalue weighted by Crippen LogP contribution is -2.41. The second-order valence-corrected chi connectivity index (χ2v) is 8.09. The first-order chi connectivity index (χ1) is 13.4. The van der Waals surface area contributed by atoms with Gasteiger partial charge in [0, 0.05) is 19.1 Å². The van der Waals surface area contributed by atoms with Gasteiger partial charge < -0.3 is 9.64 Å². The molecule has 0 bridgehead atoms. The van der Waals surface area contributed by atoms with Gasteiger partial charge in [-0.05, 0) is 38.8 Å². The molecule has 1 saturated heterocycles. The molecule has 0 unspecified atom stereocenters. The third-order valence-electron chi connectivity index (χ3n) is 5.00. The fourth-order valence-corrected chi connectivity index (χ4v) is 4.46. The van der Waals surface area contributed by atoms with Crippen LogP contribution in [0.5, 0.6) is 0 Å². The van der Waals surface area contributed by atoms with Gasteiger partial charge in [0.25, 0.3) is 5.56 Å². The largest absolute Gasteiger partial charge is 0.469 e. The molecule has 1 amide bonds. The number of hydrogen-bond donors (Lipinski definition) is 0. The molecule has 1 aromatic carbocycles. The van der Waals surface area contributed by atoms with Gasteiger partial charge in [0.15, 0.2) is 5.16 Å². The van der Waals surface area contributed by atoms with Crippen molar-refractivity contribution in [2.24, 2.45) is 5.92 Å². The highest BCUT2D eigenvalue weighted by atomic mass is 32.2. The Kier molecular flexibility index (Phi) is 6.39. The lowest BCUT2D eigenvalue weighted by molar-refractivity contribution is -0.148. The minimum absolute atomic E-state index is 0.00831. The zero-order chi connectivity index (χ0) is 20.3. The van der Waals surface area contributed by atoms with Crippen LogP contribution in [0.25, 0.3) is 10.9 Å². The highest BCUT2D eigenvalue weighted by Gasteiger charge is 2.28. The smallest absolute Gasteiger partial charge is 0.308 e. The number of ether oxygens (including phenoxy) is 1. The SMILES string of the molecule is COC(=O)C1CCN(C(=O)CSc2nc3ccccc3c(=O)n2C(C)C)CC1. The number of methoxy groups -OCH3 is 1. The van der Waals surface area contributed by atoms with E-state index in [0.29, 0.717) is 42.0 Å². The van der Waals surface area contributed by atoms with E-state index >= 15 is 0 Å². The molecule has 1 fully saturated rings. The maximum atomic E-state index is 12.8. The summed E-state index contributed by atoms with van der Waals surface area (Å²) in [7, 11) is 1.39. The van der Waals surface area contributed by atoms with Crippen LogP contribution in [0, 0.1) is 5.92 Å². The standard InChI is InChI=1S/C20H25N3O4S/c1-13(2)23-18(25)15-6-4-5-7-16(15)21-20(23)28-12-17(24)22-10-8-14(9-11-22)19(26)27-3/h4-7,13-14H,8-12H2,1-3H3. The number of nitrogens with zero attached hydrogens (tertiary/aromatic N) is 3. The molecule has 0 atom stereocenters. The fraction of sp³-hybridized carbons (Fsp3) is 0.500. The van der Waals surface area contributed by atoms with Gasteiger partial charge in [0.2, 0.25) is 5.91 Å². The molecule has 0 N–H and O–H groups in total. The van der Waals surface area contributed by atoms with Gasteiger partial charge in [0.05, 0.1) is 29.7 Å². The van der Waals surface area contributed by atoms with Crippen molar-refractivity contribution in [1.82, 2.24) is 14.5 Å². The second-order valence-electron chi connectivity index (χ2n) is 7.15. The Morgan fingerprint density at radius 1 is 1.25 bits per heavy atom. The summed E-state index contributed by atoms with van der Waals surface area (Å²) in [4.78, 5) is 43.5. The molecule has 0 saturated carbocycles. The summed E-state index contributed by atoms with van der Waals surface area (Å²) < 4.78 is 6.43. The quantitative estimate of drug-likeness (QED) is 0.433. The maximum absolute atomic E-state index is 12.8. The molecule has 0 radical (unpaired) electrons. The van der Waals surface area contributed by atoms with Crippen molar-refractivity contribution in [2.75, 3.05) is 26.0 Å². The number of thioether (sulfide) groups is 1. The third-order valence-corrected chi connectivity index (χ3v) is 5.94. The van der Waals surface area contributed by atoms with Gasteiger partial charge in [-0.15, -0.1) is 0 Å². The number of rotatable bonds is 5. The second kappa shape index (κ2) is 8.77. The van der Waals surface area contributed by atoms with Crippen LogP contribution in [0.4, 0.5) is 0 Å². The topological polar surface area (TPSA) is 81.5 Å². The summed E-state index contributed by atoms with van der Waals surface area (Å²) in [5.41, 5.74) is 0.549. The first kappa shape index (κ1) is 20.4. The Hall–Kier alpha value is -2.35. The summed E-state index contributed by atoms with van der Waals surface area (Å²) in [5.74, 6) is -0.135. The van der Waals surface area contributed by atoms with E-state index in [1.807, 2.05) is 32.0 Å². The molecule has 0 spiro atoms. The minimum atomic E-state index is -0.206. The first-order valence-corrected chi connectivity index (χ1v) is 10.4. The van der Waals surface area contributed by atoms with Crippen molar-refractivity contribution in [3.8, 4) is 0 Å². The molecule has 150 valence electrons. The monoisotopic (exact) mass is 403 g/mol. The van der Waals surface area contributed by atoms with Crippen LogP contribution in [0.15, 0.2) is 34.2 Å². The number of aromatic nitrogens is 2. The number of piperidine rings is 1. The van der Waals surface area contributed by atoms with E-state index in [1.54, 1.807) is 15.5 Å². The summed E-state index contributed by atoms with van der Waals surface area (Å²) in [6.45, 7) is 4.95. The number of hydrogen-bond acceptors (Lipinski definition) is 6. The van der Waals surface area contributed by atoms with E-state index in [1.165, 1.54) is 18.9 Å². The Labute approximate surface area is 168 Å². The molecule has 7 nitrogen and oxygen atoms in total. The van der Waals surface area contributed by atoms with Crippen molar-refractivity contribution >= 4 is 34.5 Å². The van der Waals surface area contributed by atoms with Gasteiger partial charge in [-0.25, -0.2) is 4.98 Å². The van der Waals surface area contributed by atoms with Crippen molar-refractivity contribution < 1.29 is 14.3 Å². The average Bonchev–Trinajstić information content (AvgIpc) is 2.71. The molecule has 1 aromatic heterocycles. The Bertz CT molecular complexity index is 933. The summed E-state index contributed by atoms with van der Waals surface area (Å²) in [5, 5.41) is 1.13. The van der Waals surface area contributed by atoms with E-state index in [9.17, 15) is 14.4 Å². The van der Waals surface area contributed by atoms with E-state index in [4.69, 9.17) is 4.74 Å². The van der Waals surface area contributed by atoms with Crippen LogP contribution >= 0.6 is 11.8 Å². The zero-order valence-corrected chi connectivity index (χ0v) is 17.2. The molecule has 2 aromatic rings. The van der Waals surface area contributed by atoms with Crippen molar-refractivity contribution in [3.05, 3.63) is 34.6 Å². The van der Waals surface area contributed by atoms with E-state index in [-0.39, 0.29) is 35.1 Å². The van der Waals surface area contributed by atoms with Gasteiger partial charge in [-0.3, -0.25) is 19.0 Å². The molecule has 3 rings (SSSR count). The normalized spacial score (nSPS) is 15.2. The Morgan fingerprint density at radius 2 is 1.93 bits per heavy atom. The van der Waals surface area contributed by atoms with Gasteiger partial charge >= 0.3 is 5.97 Å². The molecule has 28 heavy (non-hydrogen) atoms. The highest BCUT2D eigenvalue weighted by Crippen LogP contribution is 2.23. The number of amides is 1. The molecular formula is C20H25N3O4S. The van der Waals surface area contributed by atoms with Gasteiger partial charge in [-0.1, -0.05) is 23.9 Å². The third kappa shape index (κ3) is 4.22. The van der Waals surface area contributed by atoms with Crippen LogP contribution in [-0.4, -0.2) is 52.3 Å². The zero-order valence-electron chi connectivity index (χ0n) is 16.4. The lowest BCUT2D eigenvalue weighted by atomic mass is 9.97. The van der Waals surface area contributed by atoms with E-state index < -0.39 is 0 Å². The Balaban J connectivity index is 1.71. The number of carbonyl (C=O) groups excluding carboxylic acids is 2. The summed E-state index contributed by atoms with van der Waals surface area (Å²) >= 11 is 1.29. The molecule has 2 heterocycles. The van der Waals surface area contributed by atoms with Gasteiger partial charge in [-0.2, -0.15) is 0 Å². The number of esters is 1. The number of fused-ring (bicyclic) bond motifs is 1. The number of para-hydroxylation sites is 1. The Morgan fingerprint density at radius 3 is 2.57 bits per heavy atom. The van der Waals surface area contributed by atoms with Crippen LogP contribution in [0.3, 0.4) is 0 Å². The predicted molar refractivity (Wildman–Crippen MR) is 108 cm³/mol. The molecule has 1 aliphatic rings. The van der Waals surface area contributed by atoms with Crippen LogP contribution < -0.4 is 5.56 Å². The summed E-state index contributed by atoms with van der Waals surface area (Å²) in [6, 6.07) is 7.20. The summed E-state index contributed by atoms with van der Waals surface area (Å²) in [6.07, 6.45) is 1.24. The van der Waals surface area contributed by atoms with Crippen molar-refractivity contribution in [2.45, 2.75) is 37.9 Å².